The van der Waals surface area contributed by atoms with E-state index in [0.717, 1.165) is 11.3 Å². The standard InChI is InChI=1S/C23H22FNOS/c1-18-11-13-21(27-18)17-25(16-15-19-7-3-2-4-8-19)23(26)14-12-20-9-5-6-10-22(20)24/h2-14H,15-17H2,1H3/b14-12+. The Kier molecular flexibility index (Phi) is 6.55. The average Bonchev–Trinajstić information content (AvgIpc) is 3.10. The molecule has 3 rings (SSSR count). The molecular weight excluding hydrogens is 357 g/mol. The average molecular weight is 380 g/mol. The first kappa shape index (κ1) is 19.1. The smallest absolute Gasteiger partial charge is 0.246 e. The van der Waals surface area contributed by atoms with E-state index in [2.05, 4.69) is 31.2 Å². The molecule has 4 heteroatoms. The van der Waals surface area contributed by atoms with Gasteiger partial charge in [0, 0.05) is 27.9 Å². The van der Waals surface area contributed by atoms with Gasteiger partial charge in [-0.25, -0.2) is 4.39 Å². The molecule has 2 aromatic carbocycles. The van der Waals surface area contributed by atoms with Crippen molar-refractivity contribution in [2.24, 2.45) is 0 Å². The molecule has 138 valence electrons. The second kappa shape index (κ2) is 9.28. The summed E-state index contributed by atoms with van der Waals surface area (Å²) >= 11 is 1.69. The number of hydrogen-bond donors (Lipinski definition) is 0. The lowest BCUT2D eigenvalue weighted by Crippen LogP contribution is -2.30. The van der Waals surface area contributed by atoms with Crippen molar-refractivity contribution < 1.29 is 9.18 Å². The first-order valence-corrected chi connectivity index (χ1v) is 9.74. The molecule has 0 aliphatic rings. The lowest BCUT2D eigenvalue weighted by molar-refractivity contribution is -0.126. The molecule has 1 aromatic heterocycles. The third kappa shape index (κ3) is 5.63. The van der Waals surface area contributed by atoms with Gasteiger partial charge in [-0.3, -0.25) is 4.79 Å². The number of hydrogen-bond acceptors (Lipinski definition) is 2. The van der Waals surface area contributed by atoms with Gasteiger partial charge < -0.3 is 4.90 Å². The zero-order valence-corrected chi connectivity index (χ0v) is 16.1. The van der Waals surface area contributed by atoms with E-state index in [-0.39, 0.29) is 11.7 Å². The highest BCUT2D eigenvalue weighted by Crippen LogP contribution is 2.18. The first-order chi connectivity index (χ1) is 13.1. The largest absolute Gasteiger partial charge is 0.334 e. The Hall–Kier alpha value is -2.72. The van der Waals surface area contributed by atoms with Crippen molar-refractivity contribution in [2.75, 3.05) is 6.54 Å². The van der Waals surface area contributed by atoms with Gasteiger partial charge in [0.25, 0.3) is 0 Å². The fourth-order valence-electron chi connectivity index (χ4n) is 2.81. The van der Waals surface area contributed by atoms with Crippen LogP contribution in [0.15, 0.2) is 72.8 Å². The van der Waals surface area contributed by atoms with Gasteiger partial charge in [-0.1, -0.05) is 48.5 Å². The normalized spacial score (nSPS) is 11.0. The van der Waals surface area contributed by atoms with Crippen LogP contribution < -0.4 is 0 Å². The molecule has 1 amide bonds. The minimum Gasteiger partial charge on any atom is -0.334 e. The molecule has 2 nitrogen and oxygen atoms in total. The maximum atomic E-state index is 13.8. The lowest BCUT2D eigenvalue weighted by Gasteiger charge is -2.21. The quantitative estimate of drug-likeness (QED) is 0.498. The summed E-state index contributed by atoms with van der Waals surface area (Å²) in [6, 6.07) is 20.7. The van der Waals surface area contributed by atoms with E-state index in [0.29, 0.717) is 18.7 Å². The van der Waals surface area contributed by atoms with Crippen molar-refractivity contribution >= 4 is 23.3 Å². The van der Waals surface area contributed by atoms with Crippen molar-refractivity contribution in [1.82, 2.24) is 4.90 Å². The van der Waals surface area contributed by atoms with Gasteiger partial charge in [-0.2, -0.15) is 0 Å². The van der Waals surface area contributed by atoms with Gasteiger partial charge in [0.15, 0.2) is 0 Å². The molecule has 0 aliphatic carbocycles. The summed E-state index contributed by atoms with van der Waals surface area (Å²) in [7, 11) is 0. The molecule has 0 spiro atoms. The number of thiophene rings is 1. The molecule has 0 atom stereocenters. The summed E-state index contributed by atoms with van der Waals surface area (Å²) in [5.74, 6) is -0.438. The van der Waals surface area contributed by atoms with Crippen LogP contribution in [0.3, 0.4) is 0 Å². The Morgan fingerprint density at radius 2 is 1.78 bits per heavy atom. The van der Waals surface area contributed by atoms with Gasteiger partial charge >= 0.3 is 0 Å². The summed E-state index contributed by atoms with van der Waals surface area (Å²) in [6.07, 6.45) is 3.79. The molecule has 0 saturated heterocycles. The maximum absolute atomic E-state index is 13.8. The highest BCUT2D eigenvalue weighted by Gasteiger charge is 2.13. The fourth-order valence-corrected chi connectivity index (χ4v) is 3.72. The van der Waals surface area contributed by atoms with E-state index in [4.69, 9.17) is 0 Å². The molecule has 0 N–H and O–H groups in total. The van der Waals surface area contributed by atoms with Gasteiger partial charge in [-0.15, -0.1) is 11.3 Å². The number of carbonyl (C=O) groups excluding carboxylic acids is 1. The molecule has 0 aliphatic heterocycles. The van der Waals surface area contributed by atoms with E-state index >= 15 is 0 Å². The summed E-state index contributed by atoms with van der Waals surface area (Å²) in [5.41, 5.74) is 1.61. The Bertz CT molecular complexity index is 917. The highest BCUT2D eigenvalue weighted by atomic mass is 32.1. The summed E-state index contributed by atoms with van der Waals surface area (Å²) in [5, 5.41) is 0. The van der Waals surface area contributed by atoms with Crippen LogP contribution in [-0.4, -0.2) is 17.4 Å². The second-order valence-corrected chi connectivity index (χ2v) is 7.74. The van der Waals surface area contributed by atoms with Crippen LogP contribution in [0.1, 0.15) is 20.9 Å². The van der Waals surface area contributed by atoms with Crippen LogP contribution in [0.2, 0.25) is 0 Å². The SMILES string of the molecule is Cc1ccc(CN(CCc2ccccc2)C(=O)/C=C/c2ccccc2F)s1. The Labute approximate surface area is 163 Å². The molecular formula is C23H22FNOS. The lowest BCUT2D eigenvalue weighted by atomic mass is 10.1. The zero-order chi connectivity index (χ0) is 19.1. The molecule has 1 heterocycles. The van der Waals surface area contributed by atoms with Crippen molar-refractivity contribution in [2.45, 2.75) is 19.9 Å². The Morgan fingerprint density at radius 1 is 1.04 bits per heavy atom. The Morgan fingerprint density at radius 3 is 2.48 bits per heavy atom. The summed E-state index contributed by atoms with van der Waals surface area (Å²) in [6.45, 7) is 3.23. The first-order valence-electron chi connectivity index (χ1n) is 8.92. The number of amides is 1. The van der Waals surface area contributed by atoms with Crippen LogP contribution >= 0.6 is 11.3 Å². The maximum Gasteiger partial charge on any atom is 0.246 e. The summed E-state index contributed by atoms with van der Waals surface area (Å²) in [4.78, 5) is 17.0. The third-order valence-corrected chi connectivity index (χ3v) is 5.26. The number of rotatable bonds is 7. The van der Waals surface area contributed by atoms with E-state index in [1.54, 1.807) is 35.6 Å². The van der Waals surface area contributed by atoms with Gasteiger partial charge in [0.2, 0.25) is 5.91 Å². The minimum absolute atomic E-state index is 0.111. The van der Waals surface area contributed by atoms with Gasteiger partial charge in [0.05, 0.1) is 6.54 Å². The molecule has 0 radical (unpaired) electrons. The molecule has 3 aromatic rings. The number of halogens is 1. The van der Waals surface area contributed by atoms with Crippen molar-refractivity contribution in [3.8, 4) is 0 Å². The minimum atomic E-state index is -0.328. The van der Waals surface area contributed by atoms with Crippen molar-refractivity contribution in [3.05, 3.63) is 99.5 Å². The third-order valence-electron chi connectivity index (χ3n) is 4.28. The molecule has 0 fully saturated rings. The van der Waals surface area contributed by atoms with Crippen LogP contribution in [0.25, 0.3) is 6.08 Å². The molecule has 27 heavy (non-hydrogen) atoms. The number of nitrogens with zero attached hydrogens (tertiary/aromatic N) is 1. The van der Waals surface area contributed by atoms with Gasteiger partial charge in [-0.05, 0) is 43.2 Å². The van der Waals surface area contributed by atoms with E-state index in [9.17, 15) is 9.18 Å². The molecule has 0 unspecified atom stereocenters. The van der Waals surface area contributed by atoms with Crippen LogP contribution in [-0.2, 0) is 17.8 Å². The monoisotopic (exact) mass is 379 g/mol. The molecule has 0 saturated carbocycles. The van der Waals surface area contributed by atoms with Crippen LogP contribution in [0.5, 0.6) is 0 Å². The number of aryl methyl sites for hydroxylation is 1. The van der Waals surface area contributed by atoms with Crippen molar-refractivity contribution in [3.63, 3.8) is 0 Å². The zero-order valence-electron chi connectivity index (χ0n) is 15.3. The predicted octanol–water partition coefficient (Wildman–Crippen LogP) is 5.48. The predicted molar refractivity (Wildman–Crippen MR) is 110 cm³/mol. The van der Waals surface area contributed by atoms with E-state index in [1.807, 2.05) is 23.1 Å². The second-order valence-electron chi connectivity index (χ2n) is 6.36. The van der Waals surface area contributed by atoms with E-state index in [1.165, 1.54) is 22.6 Å². The highest BCUT2D eigenvalue weighted by molar-refractivity contribution is 7.11. The van der Waals surface area contributed by atoms with Crippen molar-refractivity contribution in [1.29, 1.82) is 0 Å². The van der Waals surface area contributed by atoms with Crippen LogP contribution in [0, 0.1) is 12.7 Å². The van der Waals surface area contributed by atoms with Crippen LogP contribution in [0.4, 0.5) is 4.39 Å². The number of benzene rings is 2. The molecule has 0 bridgehead atoms. The van der Waals surface area contributed by atoms with Gasteiger partial charge in [0.1, 0.15) is 5.82 Å². The fraction of sp³-hybridized carbons (Fsp3) is 0.174. The summed E-state index contributed by atoms with van der Waals surface area (Å²) < 4.78 is 13.8. The Balaban J connectivity index is 1.73. The number of carbonyl (C=O) groups is 1. The van der Waals surface area contributed by atoms with E-state index < -0.39 is 0 Å². The topological polar surface area (TPSA) is 20.3 Å².